The lowest BCUT2D eigenvalue weighted by Gasteiger charge is -2.28. The molecule has 0 aliphatic heterocycles. The van der Waals surface area contributed by atoms with Crippen LogP contribution in [0.4, 0.5) is 8.78 Å². The fourth-order valence-corrected chi connectivity index (χ4v) is 4.02. The minimum atomic E-state index is -0.937. The molecule has 3 aromatic carbocycles. The summed E-state index contributed by atoms with van der Waals surface area (Å²) in [5.74, 6) is -1.34. The summed E-state index contributed by atoms with van der Waals surface area (Å²) in [6, 6.07) is 24.6. The smallest absolute Gasteiger partial charge is 0.308 e. The van der Waals surface area contributed by atoms with Crippen LogP contribution in [0.1, 0.15) is 42.9 Å². The van der Waals surface area contributed by atoms with Crippen LogP contribution < -0.4 is 10.1 Å². The normalized spacial score (nSPS) is 14.2. The molecule has 200 valence electrons. The molecule has 0 saturated heterocycles. The largest absolute Gasteiger partial charge is 0.489 e. The Labute approximate surface area is 222 Å². The Morgan fingerprint density at radius 2 is 1.55 bits per heavy atom. The Kier molecular flexibility index (Phi) is 11.5. The molecule has 2 atom stereocenters. The number of hydrogen-bond acceptors (Lipinski definition) is 4. The summed E-state index contributed by atoms with van der Waals surface area (Å²) in [4.78, 5) is 12.0. The Morgan fingerprint density at radius 3 is 2.08 bits per heavy atom. The van der Waals surface area contributed by atoms with Crippen molar-refractivity contribution in [3.63, 3.8) is 0 Å². The van der Waals surface area contributed by atoms with Crippen molar-refractivity contribution < 1.29 is 28.5 Å². The van der Waals surface area contributed by atoms with Crippen LogP contribution >= 0.6 is 0 Å². The number of allylic oxidation sites excluding steroid dienone is 4. The first-order valence-electron chi connectivity index (χ1n) is 12.6. The zero-order valence-electron chi connectivity index (χ0n) is 21.1. The monoisotopic (exact) mass is 521 g/mol. The summed E-state index contributed by atoms with van der Waals surface area (Å²) in [5.41, 5.74) is 2.66. The standard InChI is InChI=1S/C25H28FNO4.C6H5F/c26-20-10-12-21(13-11-20)27-24(23(25(29)30)7-4-16-28)19-8-14-22(15-9-19)31-17-18-5-2-1-3-6-18;7-6-4-2-1-3-5-6/h1-3,5-6,8-10,12,14-15,23-24,27-28H,4,7,11,13,16-17H2,(H,29,30);1-5H. The molecule has 0 saturated carbocycles. The molecule has 3 N–H and O–H groups in total. The third-order valence-corrected chi connectivity index (χ3v) is 6.05. The average molecular weight is 522 g/mol. The van der Waals surface area contributed by atoms with Crippen LogP contribution in [0.2, 0.25) is 0 Å². The first-order chi connectivity index (χ1) is 18.5. The number of aliphatic carboxylic acids is 1. The lowest BCUT2D eigenvalue weighted by Crippen LogP contribution is -2.33. The first-order valence-corrected chi connectivity index (χ1v) is 12.6. The Morgan fingerprint density at radius 1 is 0.895 bits per heavy atom. The number of benzene rings is 3. The molecule has 38 heavy (non-hydrogen) atoms. The van der Waals surface area contributed by atoms with E-state index < -0.39 is 17.9 Å². The molecular weight excluding hydrogens is 488 g/mol. The summed E-state index contributed by atoms with van der Waals surface area (Å²) in [6.07, 6.45) is 4.57. The molecule has 0 heterocycles. The van der Waals surface area contributed by atoms with Gasteiger partial charge in [0, 0.05) is 18.7 Å². The van der Waals surface area contributed by atoms with E-state index in [1.165, 1.54) is 18.2 Å². The van der Waals surface area contributed by atoms with Gasteiger partial charge >= 0.3 is 5.97 Å². The number of aliphatic hydroxyl groups excluding tert-OH is 1. The van der Waals surface area contributed by atoms with Gasteiger partial charge in [-0.15, -0.1) is 0 Å². The second kappa shape index (κ2) is 15.3. The number of halogens is 2. The van der Waals surface area contributed by atoms with Crippen LogP contribution in [-0.2, 0) is 11.4 Å². The molecule has 0 aromatic heterocycles. The number of aliphatic hydroxyl groups is 1. The molecule has 1 aliphatic carbocycles. The van der Waals surface area contributed by atoms with E-state index in [-0.39, 0.29) is 18.3 Å². The number of nitrogens with one attached hydrogen (secondary N) is 1. The third-order valence-electron chi connectivity index (χ3n) is 6.05. The van der Waals surface area contributed by atoms with E-state index in [9.17, 15) is 23.8 Å². The molecule has 0 spiro atoms. The van der Waals surface area contributed by atoms with Crippen LogP contribution in [0.5, 0.6) is 5.75 Å². The van der Waals surface area contributed by atoms with Gasteiger partial charge in [0.25, 0.3) is 0 Å². The number of carboxylic acid groups (broad SMARTS) is 1. The number of hydrogen-bond donors (Lipinski definition) is 3. The highest BCUT2D eigenvalue weighted by Gasteiger charge is 2.30. The highest BCUT2D eigenvalue weighted by Crippen LogP contribution is 2.31. The predicted octanol–water partition coefficient (Wildman–Crippen LogP) is 6.73. The lowest BCUT2D eigenvalue weighted by atomic mass is 9.88. The van der Waals surface area contributed by atoms with Crippen molar-refractivity contribution in [2.24, 2.45) is 5.92 Å². The number of ether oxygens (including phenoxy) is 1. The van der Waals surface area contributed by atoms with Crippen molar-refractivity contribution in [1.82, 2.24) is 5.32 Å². The van der Waals surface area contributed by atoms with Crippen LogP contribution in [0.25, 0.3) is 0 Å². The summed E-state index contributed by atoms with van der Waals surface area (Å²) >= 11 is 0. The first kappa shape index (κ1) is 28.6. The maximum absolute atomic E-state index is 13.4. The molecule has 0 fully saturated rings. The summed E-state index contributed by atoms with van der Waals surface area (Å²) in [6.45, 7) is 0.375. The van der Waals surface area contributed by atoms with Crippen molar-refractivity contribution in [2.75, 3.05) is 6.61 Å². The highest BCUT2D eigenvalue weighted by molar-refractivity contribution is 5.71. The zero-order valence-corrected chi connectivity index (χ0v) is 21.1. The molecule has 3 aromatic rings. The SMILES string of the molecule is Fc1ccccc1.O=C(O)C(CCCO)C(NC1=CC=C(F)CC1)c1ccc(OCc2ccccc2)cc1. The van der Waals surface area contributed by atoms with Gasteiger partial charge in [-0.25, -0.2) is 8.78 Å². The van der Waals surface area contributed by atoms with Gasteiger partial charge in [-0.3, -0.25) is 4.79 Å². The Bertz CT molecular complexity index is 1180. The second-order valence-electron chi connectivity index (χ2n) is 8.88. The van der Waals surface area contributed by atoms with Crippen molar-refractivity contribution in [1.29, 1.82) is 0 Å². The van der Waals surface area contributed by atoms with Crippen LogP contribution in [0.15, 0.2) is 109 Å². The molecule has 4 rings (SSSR count). The van der Waals surface area contributed by atoms with E-state index >= 15 is 0 Å². The van der Waals surface area contributed by atoms with Crippen LogP contribution in [0.3, 0.4) is 0 Å². The summed E-state index contributed by atoms with van der Waals surface area (Å²) in [5, 5.41) is 22.3. The van der Waals surface area contributed by atoms with E-state index in [4.69, 9.17) is 4.74 Å². The van der Waals surface area contributed by atoms with Gasteiger partial charge in [-0.1, -0.05) is 60.7 Å². The van der Waals surface area contributed by atoms with E-state index in [1.54, 1.807) is 24.3 Å². The quantitative estimate of drug-likeness (QED) is 0.261. The van der Waals surface area contributed by atoms with Gasteiger partial charge in [-0.2, -0.15) is 0 Å². The third kappa shape index (κ3) is 9.48. The van der Waals surface area contributed by atoms with Gasteiger partial charge in [0.2, 0.25) is 0 Å². The van der Waals surface area contributed by atoms with Gasteiger partial charge in [0.1, 0.15) is 24.0 Å². The number of carbonyl (C=O) groups is 1. The molecule has 0 radical (unpaired) electrons. The molecule has 5 nitrogen and oxygen atoms in total. The maximum Gasteiger partial charge on any atom is 0.308 e. The molecule has 0 amide bonds. The van der Waals surface area contributed by atoms with Gasteiger partial charge in [0.15, 0.2) is 0 Å². The summed E-state index contributed by atoms with van der Waals surface area (Å²) in [7, 11) is 0. The van der Waals surface area contributed by atoms with Crippen LogP contribution in [-0.4, -0.2) is 22.8 Å². The molecular formula is C31H33F2NO4. The van der Waals surface area contributed by atoms with Crippen molar-refractivity contribution in [2.45, 2.75) is 38.3 Å². The molecule has 0 bridgehead atoms. The Balaban J connectivity index is 0.000000494. The number of carboxylic acids is 1. The maximum atomic E-state index is 13.4. The van der Waals surface area contributed by atoms with E-state index in [2.05, 4.69) is 5.32 Å². The highest BCUT2D eigenvalue weighted by atomic mass is 19.1. The van der Waals surface area contributed by atoms with Crippen molar-refractivity contribution in [3.05, 3.63) is 126 Å². The van der Waals surface area contributed by atoms with Crippen molar-refractivity contribution in [3.8, 4) is 5.75 Å². The van der Waals surface area contributed by atoms with Crippen LogP contribution in [0, 0.1) is 11.7 Å². The molecule has 7 heteroatoms. The average Bonchev–Trinajstić information content (AvgIpc) is 2.94. The summed E-state index contributed by atoms with van der Waals surface area (Å²) < 4.78 is 31.1. The molecule has 2 unspecified atom stereocenters. The zero-order chi connectivity index (χ0) is 27.2. The van der Waals surface area contributed by atoms with E-state index in [0.29, 0.717) is 38.0 Å². The van der Waals surface area contributed by atoms with Gasteiger partial charge in [-0.05, 0) is 66.8 Å². The Hall–Kier alpha value is -3.97. The minimum absolute atomic E-state index is 0.0700. The van der Waals surface area contributed by atoms with E-state index in [0.717, 1.165) is 16.8 Å². The van der Waals surface area contributed by atoms with Gasteiger partial charge in [0.05, 0.1) is 12.0 Å². The number of rotatable bonds is 11. The fraction of sp³-hybridized carbons (Fsp3) is 0.258. The topological polar surface area (TPSA) is 78.8 Å². The fourth-order valence-electron chi connectivity index (χ4n) is 4.02. The van der Waals surface area contributed by atoms with Crippen molar-refractivity contribution >= 4 is 5.97 Å². The second-order valence-corrected chi connectivity index (χ2v) is 8.88. The lowest BCUT2D eigenvalue weighted by molar-refractivity contribution is -0.143. The minimum Gasteiger partial charge on any atom is -0.489 e. The molecule has 1 aliphatic rings. The van der Waals surface area contributed by atoms with E-state index in [1.807, 2.05) is 54.6 Å². The predicted molar refractivity (Wildman–Crippen MR) is 143 cm³/mol. The van der Waals surface area contributed by atoms with Gasteiger partial charge < -0.3 is 20.3 Å².